The number of hydrogen-bond donors (Lipinski definition) is 1. The maximum Gasteiger partial charge on any atom is 0.119 e. The second kappa shape index (κ2) is 10.8. The minimum absolute atomic E-state index is 0.710. The van der Waals surface area contributed by atoms with Gasteiger partial charge in [0, 0.05) is 20.3 Å². The molecule has 0 saturated carbocycles. The van der Waals surface area contributed by atoms with E-state index in [0.29, 0.717) is 6.61 Å². The number of hydrogen-bond acceptors (Lipinski definition) is 3. The molecule has 0 aliphatic rings. The van der Waals surface area contributed by atoms with Gasteiger partial charge in [-0.2, -0.15) is 0 Å². The molecule has 0 aliphatic heterocycles. The Hall–Kier alpha value is -1.06. The quantitative estimate of drug-likeness (QED) is 0.624. The fourth-order valence-corrected chi connectivity index (χ4v) is 1.84. The second-order valence-electron chi connectivity index (χ2n) is 4.69. The molecule has 1 aromatic carbocycles. The molecule has 19 heavy (non-hydrogen) atoms. The Balaban J connectivity index is 2.09. The minimum atomic E-state index is 0.710. The number of ether oxygens (including phenoxy) is 2. The Morgan fingerprint density at radius 3 is 2.47 bits per heavy atom. The molecule has 3 heteroatoms. The molecule has 0 aromatic heterocycles. The van der Waals surface area contributed by atoms with Crippen molar-refractivity contribution in [3.63, 3.8) is 0 Å². The lowest BCUT2D eigenvalue weighted by Gasteiger charge is -2.08. The third kappa shape index (κ3) is 7.85. The monoisotopic (exact) mass is 265 g/mol. The van der Waals surface area contributed by atoms with Gasteiger partial charge in [-0.05, 0) is 43.5 Å². The smallest absolute Gasteiger partial charge is 0.119 e. The van der Waals surface area contributed by atoms with E-state index in [4.69, 9.17) is 9.47 Å². The molecule has 1 N–H and O–H groups in total. The number of benzene rings is 1. The lowest BCUT2D eigenvalue weighted by molar-refractivity contribution is 0.193. The van der Waals surface area contributed by atoms with E-state index in [1.165, 1.54) is 18.4 Å². The first kappa shape index (κ1) is 16.0. The third-order valence-corrected chi connectivity index (χ3v) is 2.99. The van der Waals surface area contributed by atoms with Gasteiger partial charge in [0.2, 0.25) is 0 Å². The molecule has 0 aliphatic carbocycles. The summed E-state index contributed by atoms with van der Waals surface area (Å²) in [5.74, 6) is 0.957. The molecule has 0 radical (unpaired) electrons. The third-order valence-electron chi connectivity index (χ3n) is 2.99. The summed E-state index contributed by atoms with van der Waals surface area (Å²) in [7, 11) is 1.73. The van der Waals surface area contributed by atoms with Crippen LogP contribution in [0, 0.1) is 0 Å². The van der Waals surface area contributed by atoms with Crippen LogP contribution >= 0.6 is 0 Å². The minimum Gasteiger partial charge on any atom is -0.492 e. The number of unbranched alkanes of at least 4 members (excludes halogenated alkanes) is 1. The fourth-order valence-electron chi connectivity index (χ4n) is 1.84. The molecule has 1 rings (SSSR count). The van der Waals surface area contributed by atoms with E-state index >= 15 is 0 Å². The van der Waals surface area contributed by atoms with Crippen molar-refractivity contribution >= 4 is 0 Å². The number of rotatable bonds is 11. The zero-order valence-corrected chi connectivity index (χ0v) is 12.3. The maximum atomic E-state index is 5.68. The largest absolute Gasteiger partial charge is 0.492 e. The van der Waals surface area contributed by atoms with Crippen molar-refractivity contribution < 1.29 is 9.47 Å². The molecule has 0 fully saturated rings. The number of aryl methyl sites for hydroxylation is 1. The summed E-state index contributed by atoms with van der Waals surface area (Å²) in [6.45, 7) is 5.60. The average molecular weight is 265 g/mol. The van der Waals surface area contributed by atoms with Gasteiger partial charge in [0.15, 0.2) is 0 Å². The van der Waals surface area contributed by atoms with E-state index in [-0.39, 0.29) is 0 Å². The standard InChI is InChI=1S/C16H27NO2/c1-3-4-6-15-7-9-16(10-8-15)19-14-12-17-11-5-13-18-2/h7-10,17H,3-6,11-14H2,1-2H3. The van der Waals surface area contributed by atoms with Crippen LogP contribution in [0.2, 0.25) is 0 Å². The molecular formula is C16H27NO2. The topological polar surface area (TPSA) is 30.5 Å². The molecule has 0 unspecified atom stereocenters. The highest BCUT2D eigenvalue weighted by atomic mass is 16.5. The number of methoxy groups -OCH3 is 1. The summed E-state index contributed by atoms with van der Waals surface area (Å²) in [4.78, 5) is 0. The normalized spacial score (nSPS) is 10.6. The second-order valence-corrected chi connectivity index (χ2v) is 4.69. The molecule has 0 amide bonds. The maximum absolute atomic E-state index is 5.68. The molecule has 1 aromatic rings. The van der Waals surface area contributed by atoms with Crippen LogP contribution in [0.3, 0.4) is 0 Å². The van der Waals surface area contributed by atoms with Gasteiger partial charge in [0.25, 0.3) is 0 Å². The van der Waals surface area contributed by atoms with E-state index in [2.05, 4.69) is 36.5 Å². The van der Waals surface area contributed by atoms with Gasteiger partial charge in [0.1, 0.15) is 12.4 Å². The molecule has 3 nitrogen and oxygen atoms in total. The molecule has 0 spiro atoms. The van der Waals surface area contributed by atoms with Crippen LogP contribution in [0.5, 0.6) is 5.75 Å². The molecule has 0 heterocycles. The van der Waals surface area contributed by atoms with Gasteiger partial charge in [-0.25, -0.2) is 0 Å². The van der Waals surface area contributed by atoms with Crippen molar-refractivity contribution in [1.82, 2.24) is 5.32 Å². The van der Waals surface area contributed by atoms with Gasteiger partial charge in [-0.15, -0.1) is 0 Å². The molecule has 0 atom stereocenters. The van der Waals surface area contributed by atoms with Crippen molar-refractivity contribution in [2.45, 2.75) is 32.6 Å². The predicted octanol–water partition coefficient (Wildman–Crippen LogP) is 3.03. The van der Waals surface area contributed by atoms with Gasteiger partial charge >= 0.3 is 0 Å². The van der Waals surface area contributed by atoms with Crippen molar-refractivity contribution in [2.75, 3.05) is 33.4 Å². The summed E-state index contributed by atoms with van der Waals surface area (Å²) in [6, 6.07) is 8.46. The summed E-state index contributed by atoms with van der Waals surface area (Å²) >= 11 is 0. The first-order valence-corrected chi connectivity index (χ1v) is 7.28. The predicted molar refractivity (Wildman–Crippen MR) is 79.9 cm³/mol. The molecular weight excluding hydrogens is 238 g/mol. The van der Waals surface area contributed by atoms with Crippen LogP contribution in [0.1, 0.15) is 31.7 Å². The zero-order valence-electron chi connectivity index (χ0n) is 12.3. The Bertz CT molecular complexity index is 311. The highest BCUT2D eigenvalue weighted by Crippen LogP contribution is 2.13. The van der Waals surface area contributed by atoms with Crippen LogP contribution in [0.4, 0.5) is 0 Å². The average Bonchev–Trinajstić information content (AvgIpc) is 2.45. The van der Waals surface area contributed by atoms with E-state index < -0.39 is 0 Å². The Morgan fingerprint density at radius 2 is 1.79 bits per heavy atom. The Labute approximate surface area is 117 Å². The van der Waals surface area contributed by atoms with Gasteiger partial charge in [0.05, 0.1) is 0 Å². The Kier molecular flexibility index (Phi) is 9.11. The number of nitrogens with one attached hydrogen (secondary N) is 1. The first-order valence-electron chi connectivity index (χ1n) is 7.28. The molecule has 0 saturated heterocycles. The van der Waals surface area contributed by atoms with Gasteiger partial charge in [-0.3, -0.25) is 0 Å². The SMILES string of the molecule is CCCCc1ccc(OCCNCCCOC)cc1. The summed E-state index contributed by atoms with van der Waals surface area (Å²) in [6.07, 6.45) is 4.71. The molecule has 108 valence electrons. The summed E-state index contributed by atoms with van der Waals surface area (Å²) in [5.41, 5.74) is 1.40. The van der Waals surface area contributed by atoms with E-state index in [1.54, 1.807) is 7.11 Å². The van der Waals surface area contributed by atoms with Crippen LogP contribution in [0.25, 0.3) is 0 Å². The zero-order chi connectivity index (χ0) is 13.8. The van der Waals surface area contributed by atoms with Crippen molar-refractivity contribution in [2.24, 2.45) is 0 Å². The Morgan fingerprint density at radius 1 is 1.00 bits per heavy atom. The van der Waals surface area contributed by atoms with E-state index in [9.17, 15) is 0 Å². The van der Waals surface area contributed by atoms with Gasteiger partial charge in [-0.1, -0.05) is 25.5 Å². The van der Waals surface area contributed by atoms with Crippen LogP contribution in [0.15, 0.2) is 24.3 Å². The van der Waals surface area contributed by atoms with Crippen molar-refractivity contribution in [3.05, 3.63) is 29.8 Å². The van der Waals surface area contributed by atoms with Crippen molar-refractivity contribution in [3.8, 4) is 5.75 Å². The van der Waals surface area contributed by atoms with Crippen LogP contribution in [-0.2, 0) is 11.2 Å². The summed E-state index contributed by atoms with van der Waals surface area (Å²) in [5, 5.41) is 3.32. The van der Waals surface area contributed by atoms with Crippen LogP contribution in [-0.4, -0.2) is 33.4 Å². The van der Waals surface area contributed by atoms with Gasteiger partial charge < -0.3 is 14.8 Å². The van der Waals surface area contributed by atoms with Crippen molar-refractivity contribution in [1.29, 1.82) is 0 Å². The highest BCUT2D eigenvalue weighted by Gasteiger charge is 1.96. The molecule has 0 bridgehead atoms. The lowest BCUT2D eigenvalue weighted by Crippen LogP contribution is -2.22. The fraction of sp³-hybridized carbons (Fsp3) is 0.625. The lowest BCUT2D eigenvalue weighted by atomic mass is 10.1. The summed E-state index contributed by atoms with van der Waals surface area (Å²) < 4.78 is 10.7. The van der Waals surface area contributed by atoms with Crippen LogP contribution < -0.4 is 10.1 Å². The first-order chi connectivity index (χ1) is 9.36. The van der Waals surface area contributed by atoms with E-state index in [0.717, 1.165) is 38.3 Å². The highest BCUT2D eigenvalue weighted by molar-refractivity contribution is 5.27. The van der Waals surface area contributed by atoms with E-state index in [1.807, 2.05) is 0 Å².